The van der Waals surface area contributed by atoms with E-state index in [1.54, 1.807) is 17.0 Å². The van der Waals surface area contributed by atoms with Gasteiger partial charge in [-0.25, -0.2) is 26.5 Å². The normalized spacial score (nSPS) is 20.5. The lowest BCUT2D eigenvalue weighted by molar-refractivity contribution is -0.143. The van der Waals surface area contributed by atoms with E-state index in [1.807, 2.05) is 0 Å². The molecule has 2 aromatic rings. The lowest BCUT2D eigenvalue weighted by Crippen LogP contribution is -2.55. The van der Waals surface area contributed by atoms with Crippen LogP contribution in [-0.4, -0.2) is 81.7 Å². The van der Waals surface area contributed by atoms with Crippen LogP contribution in [0.15, 0.2) is 39.2 Å². The number of nitrogens with zero attached hydrogens (tertiary/aromatic N) is 3. The van der Waals surface area contributed by atoms with Gasteiger partial charge in [-0.2, -0.15) is 4.72 Å². The van der Waals surface area contributed by atoms with E-state index in [0.717, 1.165) is 11.6 Å². The summed E-state index contributed by atoms with van der Waals surface area (Å²) in [5.74, 6) is -0.808. The van der Waals surface area contributed by atoms with Crippen molar-refractivity contribution in [2.75, 3.05) is 26.2 Å². The molecule has 17 heteroatoms. The third kappa shape index (κ3) is 8.03. The van der Waals surface area contributed by atoms with E-state index in [4.69, 9.17) is 23.2 Å². The number of sulfonamides is 2. The van der Waals surface area contributed by atoms with Gasteiger partial charge < -0.3 is 9.80 Å². The van der Waals surface area contributed by atoms with Gasteiger partial charge in [0.25, 0.3) is 0 Å². The fraction of sp³-hybridized carbons (Fsp3) is 0.435. The highest BCUT2D eigenvalue weighted by Gasteiger charge is 2.35. The molecule has 218 valence electrons. The number of carbonyl (C=O) groups excluding carboxylic acids is 2. The number of carbonyl (C=O) groups is 2. The van der Waals surface area contributed by atoms with Crippen LogP contribution in [0.5, 0.6) is 0 Å². The van der Waals surface area contributed by atoms with Crippen LogP contribution in [0.4, 0.5) is 0 Å². The summed E-state index contributed by atoms with van der Waals surface area (Å²) in [6.45, 7) is 0.509. The number of hydrogen-bond donors (Lipinski definition) is 2. The van der Waals surface area contributed by atoms with Gasteiger partial charge in [-0.1, -0.05) is 23.2 Å². The molecule has 2 N–H and O–H groups in total. The van der Waals surface area contributed by atoms with Crippen LogP contribution >= 0.6 is 50.5 Å². The molecule has 0 radical (unpaired) electrons. The summed E-state index contributed by atoms with van der Waals surface area (Å²) >= 11 is 16.1. The van der Waals surface area contributed by atoms with Crippen molar-refractivity contribution in [3.8, 4) is 0 Å². The highest BCUT2D eigenvalue weighted by molar-refractivity contribution is 9.10. The summed E-state index contributed by atoms with van der Waals surface area (Å²) < 4.78 is 56.4. The van der Waals surface area contributed by atoms with Crippen LogP contribution < -0.4 is 9.44 Å². The molecule has 2 amide bonds. The van der Waals surface area contributed by atoms with E-state index in [0.29, 0.717) is 52.5 Å². The van der Waals surface area contributed by atoms with Gasteiger partial charge in [0.05, 0.1) is 15.4 Å². The Morgan fingerprint density at radius 1 is 1.18 bits per heavy atom. The van der Waals surface area contributed by atoms with Crippen molar-refractivity contribution < 1.29 is 26.4 Å². The molecule has 4 heterocycles. The minimum absolute atomic E-state index is 0.00746. The predicted molar refractivity (Wildman–Crippen MR) is 157 cm³/mol. The molecule has 2 fully saturated rings. The van der Waals surface area contributed by atoms with Crippen molar-refractivity contribution in [2.24, 2.45) is 0 Å². The smallest absolute Gasteiger partial charge is 0.242 e. The van der Waals surface area contributed by atoms with Gasteiger partial charge in [0.15, 0.2) is 0 Å². The van der Waals surface area contributed by atoms with Crippen molar-refractivity contribution in [1.82, 2.24) is 24.2 Å². The Morgan fingerprint density at radius 2 is 1.93 bits per heavy atom. The largest absolute Gasteiger partial charge is 0.337 e. The van der Waals surface area contributed by atoms with E-state index in [9.17, 15) is 26.4 Å². The molecule has 4 rings (SSSR count). The number of rotatable bonds is 10. The molecule has 0 aliphatic carbocycles. The average molecular weight is 716 g/mol. The highest BCUT2D eigenvalue weighted by atomic mass is 79.9. The summed E-state index contributed by atoms with van der Waals surface area (Å²) in [5, 5.41) is 1.12. The van der Waals surface area contributed by atoms with Gasteiger partial charge in [-0.05, 0) is 65.9 Å². The zero-order valence-corrected chi connectivity index (χ0v) is 26.5. The molecule has 2 aliphatic heterocycles. The van der Waals surface area contributed by atoms with Crippen LogP contribution in [-0.2, 0) is 29.6 Å². The van der Waals surface area contributed by atoms with Crippen LogP contribution in [0.3, 0.4) is 0 Å². The van der Waals surface area contributed by atoms with Gasteiger partial charge in [0.1, 0.15) is 16.1 Å². The number of hydrogen-bond acceptors (Lipinski definition) is 8. The SMILES string of the molecule is O=C1[C@@H](NS(=O)(=O)/C=C/c2ccc(Cl)s2)CCCN1CC(=O)N1CCC[C@H]1CNS(=O)(=O)c1cnc(Cl)c(Br)c1. The molecular formula is C23H26BrCl2N5O6S3. The van der Waals surface area contributed by atoms with Crippen LogP contribution in [0.25, 0.3) is 6.08 Å². The number of halogens is 3. The minimum atomic E-state index is -3.92. The zero-order valence-electron chi connectivity index (χ0n) is 20.9. The van der Waals surface area contributed by atoms with Crippen molar-refractivity contribution in [2.45, 2.75) is 42.7 Å². The molecule has 0 saturated carbocycles. The standard InChI is InChI=1S/C23H26BrCl2N5O6S3/c24-18-11-17(13-27-22(18)26)40(36,37)28-12-15-3-1-9-31(15)21(32)14-30-8-2-4-19(23(30)33)29-39(34,35)10-7-16-5-6-20(25)38-16/h5-7,10-11,13,15,19,28-29H,1-4,8-9,12,14H2/b10-7+/t15-,19-/m0/s1. The van der Waals surface area contributed by atoms with E-state index >= 15 is 0 Å². The maximum Gasteiger partial charge on any atom is 0.242 e. The Balaban J connectivity index is 1.34. The molecule has 40 heavy (non-hydrogen) atoms. The van der Waals surface area contributed by atoms with Gasteiger partial charge in [0, 0.05) is 42.2 Å². The first kappa shape index (κ1) is 31.3. The minimum Gasteiger partial charge on any atom is -0.337 e. The molecule has 2 aliphatic rings. The highest BCUT2D eigenvalue weighted by Crippen LogP contribution is 2.25. The fourth-order valence-electron chi connectivity index (χ4n) is 4.49. The lowest BCUT2D eigenvalue weighted by Gasteiger charge is -2.34. The summed E-state index contributed by atoms with van der Waals surface area (Å²) in [7, 11) is -7.82. The molecular weight excluding hydrogens is 689 g/mol. The second kappa shape index (κ2) is 13.2. The zero-order chi connectivity index (χ0) is 29.1. The number of nitrogens with one attached hydrogen (secondary N) is 2. The Morgan fingerprint density at radius 3 is 2.62 bits per heavy atom. The number of aromatic nitrogens is 1. The second-order valence-corrected chi connectivity index (χ2v) is 15.6. The quantitative estimate of drug-likeness (QED) is 0.360. The summed E-state index contributed by atoms with van der Waals surface area (Å²) in [6.07, 6.45) is 4.65. The van der Waals surface area contributed by atoms with E-state index in [1.165, 1.54) is 28.4 Å². The molecule has 11 nitrogen and oxygen atoms in total. The van der Waals surface area contributed by atoms with Gasteiger partial charge in [0.2, 0.25) is 31.9 Å². The first-order valence-corrected chi connectivity index (χ1v) is 17.6. The molecule has 0 aromatic carbocycles. The van der Waals surface area contributed by atoms with Crippen LogP contribution in [0.1, 0.15) is 30.6 Å². The number of piperidine rings is 1. The average Bonchev–Trinajstić information content (AvgIpc) is 3.54. The van der Waals surface area contributed by atoms with Gasteiger partial charge >= 0.3 is 0 Å². The molecule has 0 spiro atoms. The molecule has 2 aromatic heterocycles. The Bertz CT molecular complexity index is 1520. The lowest BCUT2D eigenvalue weighted by atomic mass is 10.1. The van der Waals surface area contributed by atoms with Crippen molar-refractivity contribution in [3.05, 3.63) is 48.6 Å². The van der Waals surface area contributed by atoms with Gasteiger partial charge in [-0.15, -0.1) is 11.3 Å². The Hall–Kier alpha value is -1.59. The van der Waals surface area contributed by atoms with Gasteiger partial charge in [-0.3, -0.25) is 9.59 Å². The maximum absolute atomic E-state index is 13.2. The Kier molecular flexibility index (Phi) is 10.3. The van der Waals surface area contributed by atoms with E-state index in [2.05, 4.69) is 30.4 Å². The molecule has 0 bridgehead atoms. The topological polar surface area (TPSA) is 146 Å². The van der Waals surface area contributed by atoms with Crippen molar-refractivity contribution in [1.29, 1.82) is 0 Å². The van der Waals surface area contributed by atoms with Crippen molar-refractivity contribution in [3.63, 3.8) is 0 Å². The molecule has 0 unspecified atom stereocenters. The Labute approximate surface area is 255 Å². The third-order valence-electron chi connectivity index (χ3n) is 6.46. The monoisotopic (exact) mass is 713 g/mol. The summed E-state index contributed by atoms with van der Waals surface area (Å²) in [5.41, 5.74) is 0. The molecule has 2 atom stereocenters. The molecule has 2 saturated heterocycles. The van der Waals surface area contributed by atoms with E-state index < -0.39 is 38.0 Å². The van der Waals surface area contributed by atoms with Crippen LogP contribution in [0.2, 0.25) is 9.49 Å². The number of thiophene rings is 1. The number of likely N-dealkylation sites (tertiary alicyclic amines) is 2. The first-order valence-electron chi connectivity index (χ1n) is 12.2. The summed E-state index contributed by atoms with van der Waals surface area (Å²) in [6, 6.07) is 3.30. The first-order chi connectivity index (χ1) is 18.8. The third-order valence-corrected chi connectivity index (χ3v) is 11.3. The van der Waals surface area contributed by atoms with Crippen molar-refractivity contribution >= 4 is 88.4 Å². The number of amides is 2. The summed E-state index contributed by atoms with van der Waals surface area (Å²) in [4.78, 5) is 33.6. The van der Waals surface area contributed by atoms with E-state index in [-0.39, 0.29) is 29.0 Å². The number of pyridine rings is 1. The fourth-order valence-corrected chi connectivity index (χ4v) is 8.21. The maximum atomic E-state index is 13.2. The van der Waals surface area contributed by atoms with Crippen LogP contribution in [0, 0.1) is 0 Å². The second-order valence-electron chi connectivity index (χ2n) is 9.24. The predicted octanol–water partition coefficient (Wildman–Crippen LogP) is 3.06.